The maximum Gasteiger partial charge on any atom is 0.347 e. The normalized spacial score (nSPS) is 17.1. The number of nitrogens with zero attached hydrogens (tertiary/aromatic N) is 2. The second kappa shape index (κ2) is 5.44. The van der Waals surface area contributed by atoms with Gasteiger partial charge < -0.3 is 9.64 Å². The fraction of sp³-hybridized carbons (Fsp3) is 0.250. The van der Waals surface area contributed by atoms with Gasteiger partial charge in [-0.15, -0.1) is 11.3 Å². The average Bonchev–Trinajstić information content (AvgIpc) is 3.20. The number of ether oxygens (including phenoxy) is 1. The van der Waals surface area contributed by atoms with E-state index in [4.69, 9.17) is 4.74 Å². The molecule has 2 aliphatic heterocycles. The van der Waals surface area contributed by atoms with Gasteiger partial charge in [0.25, 0.3) is 0 Å². The Morgan fingerprint density at radius 1 is 1.41 bits per heavy atom. The summed E-state index contributed by atoms with van der Waals surface area (Å²) in [4.78, 5) is 19.6. The molecule has 112 valence electrons. The molecule has 4 rings (SSSR count). The van der Waals surface area contributed by atoms with Crippen molar-refractivity contribution in [1.29, 1.82) is 0 Å². The summed E-state index contributed by atoms with van der Waals surface area (Å²) in [6, 6.07) is 8.28. The molecule has 0 N–H and O–H groups in total. The maximum atomic E-state index is 12.3. The highest BCUT2D eigenvalue weighted by Crippen LogP contribution is 2.45. The van der Waals surface area contributed by atoms with Crippen LogP contribution >= 0.6 is 23.1 Å². The molecule has 2 aromatic rings. The van der Waals surface area contributed by atoms with Crippen LogP contribution in [0.2, 0.25) is 0 Å². The number of carbonyl (C=O) groups is 1. The van der Waals surface area contributed by atoms with Crippen LogP contribution in [0.1, 0.15) is 12.5 Å². The number of rotatable bonds is 3. The van der Waals surface area contributed by atoms with Crippen molar-refractivity contribution in [1.82, 2.24) is 4.90 Å². The Labute approximate surface area is 136 Å². The first-order valence-corrected chi connectivity index (χ1v) is 8.87. The summed E-state index contributed by atoms with van der Waals surface area (Å²) >= 11 is 3.13. The van der Waals surface area contributed by atoms with Crippen LogP contribution in [0.4, 0.5) is 0 Å². The van der Waals surface area contributed by atoms with E-state index in [0.29, 0.717) is 11.5 Å². The molecule has 0 saturated heterocycles. The van der Waals surface area contributed by atoms with Gasteiger partial charge in [-0.2, -0.15) is 0 Å². The molecular weight excluding hydrogens is 316 g/mol. The van der Waals surface area contributed by atoms with Gasteiger partial charge in [0.15, 0.2) is 5.17 Å². The zero-order valence-corrected chi connectivity index (χ0v) is 13.7. The van der Waals surface area contributed by atoms with Crippen LogP contribution < -0.4 is 0 Å². The zero-order valence-electron chi connectivity index (χ0n) is 12.0. The lowest BCUT2D eigenvalue weighted by Gasteiger charge is -2.16. The third-order valence-corrected chi connectivity index (χ3v) is 5.74. The molecule has 22 heavy (non-hydrogen) atoms. The van der Waals surface area contributed by atoms with E-state index in [9.17, 15) is 4.79 Å². The Hall–Kier alpha value is -1.79. The number of thioether (sulfide) groups is 1. The largest absolute Gasteiger partial charge is 0.462 e. The molecule has 0 amide bonds. The predicted octanol–water partition coefficient (Wildman–Crippen LogP) is 3.55. The number of aliphatic imine (C=N–C) groups is 1. The van der Waals surface area contributed by atoms with Gasteiger partial charge in [0.1, 0.15) is 4.91 Å². The number of benzene rings is 1. The maximum absolute atomic E-state index is 12.3. The summed E-state index contributed by atoms with van der Waals surface area (Å²) in [6.07, 6.45) is 0. The minimum absolute atomic E-state index is 0.255. The van der Waals surface area contributed by atoms with E-state index in [-0.39, 0.29) is 5.97 Å². The van der Waals surface area contributed by atoms with Crippen molar-refractivity contribution in [2.45, 2.75) is 6.92 Å². The monoisotopic (exact) mass is 330 g/mol. The molecule has 6 heteroatoms. The Kier molecular flexibility index (Phi) is 3.43. The Morgan fingerprint density at radius 3 is 3.14 bits per heavy atom. The average molecular weight is 330 g/mol. The lowest BCUT2D eigenvalue weighted by molar-refractivity contribution is -0.137. The minimum atomic E-state index is -0.255. The van der Waals surface area contributed by atoms with E-state index in [1.165, 1.54) is 21.8 Å². The molecule has 1 aromatic carbocycles. The predicted molar refractivity (Wildman–Crippen MR) is 92.0 cm³/mol. The summed E-state index contributed by atoms with van der Waals surface area (Å²) < 4.78 is 6.46. The topological polar surface area (TPSA) is 41.9 Å². The van der Waals surface area contributed by atoms with Gasteiger partial charge in [-0.3, -0.25) is 4.99 Å². The number of esters is 1. The van der Waals surface area contributed by atoms with Gasteiger partial charge in [0, 0.05) is 27.6 Å². The SMILES string of the molecule is CCOC(=O)C1=C(c2csc3ccccc23)N2CCN=C2S1. The molecule has 0 fully saturated rings. The van der Waals surface area contributed by atoms with E-state index < -0.39 is 0 Å². The lowest BCUT2D eigenvalue weighted by Crippen LogP contribution is -2.20. The highest BCUT2D eigenvalue weighted by atomic mass is 32.2. The number of carbonyl (C=O) groups excluding carboxylic acids is 1. The third-order valence-electron chi connectivity index (χ3n) is 3.68. The van der Waals surface area contributed by atoms with E-state index in [0.717, 1.165) is 29.5 Å². The van der Waals surface area contributed by atoms with Gasteiger partial charge in [-0.05, 0) is 24.8 Å². The molecule has 1 aromatic heterocycles. The molecule has 0 unspecified atom stereocenters. The van der Waals surface area contributed by atoms with Gasteiger partial charge >= 0.3 is 5.97 Å². The smallest absolute Gasteiger partial charge is 0.347 e. The summed E-state index contributed by atoms with van der Waals surface area (Å²) in [7, 11) is 0. The highest BCUT2D eigenvalue weighted by molar-refractivity contribution is 8.18. The molecule has 4 nitrogen and oxygen atoms in total. The second-order valence-corrected chi connectivity index (χ2v) is 6.85. The van der Waals surface area contributed by atoms with Crippen molar-refractivity contribution in [3.8, 4) is 0 Å². The molecular formula is C16H14N2O2S2. The summed E-state index contributed by atoms with van der Waals surface area (Å²) in [5.74, 6) is -0.255. The quantitative estimate of drug-likeness (QED) is 0.807. The molecule has 2 aliphatic rings. The first-order valence-electron chi connectivity index (χ1n) is 7.17. The van der Waals surface area contributed by atoms with Crippen LogP contribution in [0.15, 0.2) is 39.5 Å². The second-order valence-electron chi connectivity index (χ2n) is 4.96. The molecule has 0 radical (unpaired) electrons. The number of hydrogen-bond donors (Lipinski definition) is 0. The highest BCUT2D eigenvalue weighted by Gasteiger charge is 2.37. The van der Waals surface area contributed by atoms with Crippen LogP contribution in [0.3, 0.4) is 0 Å². The first-order chi connectivity index (χ1) is 10.8. The summed E-state index contributed by atoms with van der Waals surface area (Å²) in [6.45, 7) is 3.82. The first kappa shape index (κ1) is 13.8. The number of thiophene rings is 1. The Bertz CT molecular complexity index is 822. The van der Waals surface area contributed by atoms with Crippen molar-refractivity contribution in [2.75, 3.05) is 19.7 Å². The zero-order chi connectivity index (χ0) is 15.1. The van der Waals surface area contributed by atoms with Crippen LogP contribution in [-0.2, 0) is 9.53 Å². The summed E-state index contributed by atoms with van der Waals surface area (Å²) in [5.41, 5.74) is 2.06. The van der Waals surface area contributed by atoms with Crippen LogP contribution in [-0.4, -0.2) is 35.7 Å². The van der Waals surface area contributed by atoms with E-state index in [2.05, 4.69) is 27.4 Å². The van der Waals surface area contributed by atoms with Crippen LogP contribution in [0.5, 0.6) is 0 Å². The third kappa shape index (κ3) is 2.06. The van der Waals surface area contributed by atoms with E-state index in [1.54, 1.807) is 11.3 Å². The molecule has 0 aliphatic carbocycles. The molecule has 0 saturated carbocycles. The number of amidine groups is 1. The van der Waals surface area contributed by atoms with E-state index in [1.807, 2.05) is 19.1 Å². The Morgan fingerprint density at radius 2 is 2.27 bits per heavy atom. The molecule has 0 atom stereocenters. The standard InChI is InChI=1S/C16H14N2O2S2/c1-2-20-15(19)14-13(18-8-7-17-16(18)22-14)11-9-21-12-6-4-3-5-10(11)12/h3-6,9H,2,7-8H2,1H3. The van der Waals surface area contributed by atoms with Crippen molar-refractivity contribution >= 4 is 50.0 Å². The van der Waals surface area contributed by atoms with Gasteiger partial charge in [0.2, 0.25) is 0 Å². The minimum Gasteiger partial charge on any atom is -0.462 e. The van der Waals surface area contributed by atoms with E-state index >= 15 is 0 Å². The fourth-order valence-corrected chi connectivity index (χ4v) is 4.78. The van der Waals surface area contributed by atoms with Crippen molar-refractivity contribution in [3.63, 3.8) is 0 Å². The Balaban J connectivity index is 1.89. The van der Waals surface area contributed by atoms with Crippen LogP contribution in [0, 0.1) is 0 Å². The number of fused-ring (bicyclic) bond motifs is 2. The van der Waals surface area contributed by atoms with Crippen molar-refractivity contribution in [2.24, 2.45) is 4.99 Å². The molecule has 0 bridgehead atoms. The summed E-state index contributed by atoms with van der Waals surface area (Å²) in [5, 5.41) is 4.22. The van der Waals surface area contributed by atoms with Crippen LogP contribution in [0.25, 0.3) is 15.8 Å². The van der Waals surface area contributed by atoms with Gasteiger partial charge in [0.05, 0.1) is 18.8 Å². The van der Waals surface area contributed by atoms with Crippen molar-refractivity contribution < 1.29 is 9.53 Å². The lowest BCUT2D eigenvalue weighted by atomic mass is 10.1. The van der Waals surface area contributed by atoms with Crippen molar-refractivity contribution in [3.05, 3.63) is 40.1 Å². The molecule has 3 heterocycles. The molecule has 0 spiro atoms. The van der Waals surface area contributed by atoms with Gasteiger partial charge in [-0.1, -0.05) is 18.2 Å². The fourth-order valence-electron chi connectivity index (χ4n) is 2.75. The number of hydrogen-bond acceptors (Lipinski definition) is 6. The van der Waals surface area contributed by atoms with Gasteiger partial charge in [-0.25, -0.2) is 4.79 Å².